The van der Waals surface area contributed by atoms with Gasteiger partial charge in [0.25, 0.3) is 0 Å². The fourth-order valence-corrected chi connectivity index (χ4v) is 1.67. The Balaban J connectivity index is 2.18. The van der Waals surface area contributed by atoms with Gasteiger partial charge in [0, 0.05) is 6.54 Å². The minimum Gasteiger partial charge on any atom is -0.314 e. The molecule has 2 atom stereocenters. The van der Waals surface area contributed by atoms with E-state index in [1.165, 1.54) is 12.8 Å². The van der Waals surface area contributed by atoms with Crippen molar-refractivity contribution in [3.8, 4) is 0 Å². The highest BCUT2D eigenvalue weighted by Crippen LogP contribution is 2.21. The van der Waals surface area contributed by atoms with Crippen molar-refractivity contribution in [1.82, 2.24) is 5.32 Å². The van der Waals surface area contributed by atoms with Gasteiger partial charge in [-0.1, -0.05) is 19.8 Å². The summed E-state index contributed by atoms with van der Waals surface area (Å²) in [7, 11) is 0. The average Bonchev–Trinajstić information content (AvgIpc) is 2.03. The molecule has 0 aromatic carbocycles. The van der Waals surface area contributed by atoms with Crippen molar-refractivity contribution in [2.45, 2.75) is 38.8 Å². The van der Waals surface area contributed by atoms with Gasteiger partial charge in [0.2, 0.25) is 0 Å². The molecule has 1 unspecified atom stereocenters. The third-order valence-electron chi connectivity index (χ3n) is 2.47. The van der Waals surface area contributed by atoms with Gasteiger partial charge in [-0.3, -0.25) is 0 Å². The lowest BCUT2D eigenvalue weighted by Crippen LogP contribution is -2.37. The van der Waals surface area contributed by atoms with E-state index < -0.39 is 6.17 Å². The van der Waals surface area contributed by atoms with E-state index >= 15 is 0 Å². The highest BCUT2D eigenvalue weighted by molar-refractivity contribution is 4.77. The molecule has 0 aromatic rings. The first kappa shape index (κ1) is 8.98. The van der Waals surface area contributed by atoms with E-state index in [4.69, 9.17) is 0 Å². The minimum absolute atomic E-state index is 0.344. The second-order valence-electron chi connectivity index (χ2n) is 3.41. The maximum Gasteiger partial charge on any atom is 0.115 e. The largest absolute Gasteiger partial charge is 0.314 e. The molecule has 0 bridgehead atoms. The molecular weight excluding hydrogens is 141 g/mol. The summed E-state index contributed by atoms with van der Waals surface area (Å²) in [5.41, 5.74) is 0. The van der Waals surface area contributed by atoms with Crippen LogP contribution in [0.3, 0.4) is 0 Å². The van der Waals surface area contributed by atoms with Gasteiger partial charge < -0.3 is 5.32 Å². The molecule has 1 N–H and O–H groups in total. The molecule has 1 aliphatic heterocycles. The zero-order valence-electron chi connectivity index (χ0n) is 7.28. The summed E-state index contributed by atoms with van der Waals surface area (Å²) in [4.78, 5) is 0. The minimum atomic E-state index is -0.588. The number of piperidine rings is 1. The topological polar surface area (TPSA) is 12.0 Å². The lowest BCUT2D eigenvalue weighted by molar-refractivity contribution is 0.169. The van der Waals surface area contributed by atoms with Crippen molar-refractivity contribution < 1.29 is 4.39 Å². The standard InChI is InChI=1S/C9H18FN/c1-2-3-4-8-5-6-11-7-9(8)10/h8-9,11H,2-7H2,1H3/t8?,9-/m0/s1. The normalized spacial score (nSPS) is 32.2. The molecule has 0 aromatic heterocycles. The molecule has 1 nitrogen and oxygen atoms in total. The maximum atomic E-state index is 13.1. The number of hydrogen-bond acceptors (Lipinski definition) is 1. The quantitative estimate of drug-likeness (QED) is 0.665. The molecule has 1 fully saturated rings. The molecule has 0 saturated carbocycles. The number of halogens is 1. The predicted octanol–water partition coefficient (Wildman–Crippen LogP) is 2.12. The molecule has 1 aliphatic rings. The van der Waals surface area contributed by atoms with E-state index in [1.54, 1.807) is 0 Å². The summed E-state index contributed by atoms with van der Waals surface area (Å²) in [5, 5.41) is 3.07. The van der Waals surface area contributed by atoms with Crippen molar-refractivity contribution in [2.75, 3.05) is 13.1 Å². The summed E-state index contributed by atoms with van der Waals surface area (Å²) < 4.78 is 13.1. The van der Waals surface area contributed by atoms with Crippen LogP contribution >= 0.6 is 0 Å². The molecule has 11 heavy (non-hydrogen) atoms. The Morgan fingerprint density at radius 1 is 1.55 bits per heavy atom. The first-order valence-electron chi connectivity index (χ1n) is 4.69. The van der Waals surface area contributed by atoms with Gasteiger partial charge in [-0.2, -0.15) is 0 Å². The summed E-state index contributed by atoms with van der Waals surface area (Å²) in [6.45, 7) is 3.75. The zero-order valence-corrected chi connectivity index (χ0v) is 7.28. The smallest absolute Gasteiger partial charge is 0.115 e. The lowest BCUT2D eigenvalue weighted by atomic mass is 9.91. The van der Waals surface area contributed by atoms with E-state index in [0.29, 0.717) is 12.5 Å². The summed E-state index contributed by atoms with van der Waals surface area (Å²) in [5.74, 6) is 0.344. The van der Waals surface area contributed by atoms with Crippen molar-refractivity contribution in [3.05, 3.63) is 0 Å². The van der Waals surface area contributed by atoms with Crippen molar-refractivity contribution in [2.24, 2.45) is 5.92 Å². The van der Waals surface area contributed by atoms with Gasteiger partial charge in [-0.05, 0) is 25.3 Å². The molecule has 2 heteroatoms. The van der Waals surface area contributed by atoms with Crippen molar-refractivity contribution >= 4 is 0 Å². The Hall–Kier alpha value is -0.110. The molecule has 1 saturated heterocycles. The molecule has 1 heterocycles. The predicted molar refractivity (Wildman–Crippen MR) is 45.4 cm³/mol. The van der Waals surface area contributed by atoms with Crippen molar-refractivity contribution in [1.29, 1.82) is 0 Å². The Labute approximate surface area is 68.4 Å². The van der Waals surface area contributed by atoms with E-state index in [9.17, 15) is 4.39 Å². The van der Waals surface area contributed by atoms with Gasteiger partial charge in [0.1, 0.15) is 6.17 Å². The Morgan fingerprint density at radius 2 is 2.36 bits per heavy atom. The fourth-order valence-electron chi connectivity index (χ4n) is 1.67. The van der Waals surface area contributed by atoms with Crippen LogP contribution in [0.5, 0.6) is 0 Å². The van der Waals surface area contributed by atoms with Gasteiger partial charge in [0.15, 0.2) is 0 Å². The molecule has 0 aliphatic carbocycles. The molecule has 1 rings (SSSR count). The second-order valence-corrected chi connectivity index (χ2v) is 3.41. The van der Waals surface area contributed by atoms with Crippen LogP contribution < -0.4 is 5.32 Å². The van der Waals surface area contributed by atoms with Crippen LogP contribution in [0.4, 0.5) is 4.39 Å². The molecule has 0 amide bonds. The highest BCUT2D eigenvalue weighted by atomic mass is 19.1. The van der Waals surface area contributed by atoms with E-state index in [-0.39, 0.29) is 0 Å². The number of hydrogen-bond donors (Lipinski definition) is 1. The average molecular weight is 159 g/mol. The monoisotopic (exact) mass is 159 g/mol. The maximum absolute atomic E-state index is 13.1. The third kappa shape index (κ3) is 2.78. The van der Waals surface area contributed by atoms with E-state index in [1.807, 2.05) is 0 Å². The summed E-state index contributed by atoms with van der Waals surface area (Å²) in [6, 6.07) is 0. The first-order valence-corrected chi connectivity index (χ1v) is 4.69. The first-order chi connectivity index (χ1) is 5.34. The second kappa shape index (κ2) is 4.70. The number of nitrogens with one attached hydrogen (secondary N) is 1. The summed E-state index contributed by atoms with van der Waals surface area (Å²) in [6.07, 6.45) is 3.90. The van der Waals surface area contributed by atoms with E-state index in [0.717, 1.165) is 19.4 Å². The molecule has 0 radical (unpaired) electrons. The van der Waals surface area contributed by atoms with Crippen LogP contribution in [-0.2, 0) is 0 Å². The van der Waals surface area contributed by atoms with Crippen LogP contribution in [-0.4, -0.2) is 19.3 Å². The van der Waals surface area contributed by atoms with Gasteiger partial charge >= 0.3 is 0 Å². The highest BCUT2D eigenvalue weighted by Gasteiger charge is 2.23. The van der Waals surface area contributed by atoms with Gasteiger partial charge in [-0.25, -0.2) is 4.39 Å². The molecular formula is C9H18FN. The Morgan fingerprint density at radius 3 is 3.00 bits per heavy atom. The molecule has 66 valence electrons. The van der Waals surface area contributed by atoms with Crippen LogP contribution in [0.15, 0.2) is 0 Å². The third-order valence-corrected chi connectivity index (χ3v) is 2.47. The summed E-state index contributed by atoms with van der Waals surface area (Å²) >= 11 is 0. The van der Waals surface area contributed by atoms with Gasteiger partial charge in [-0.15, -0.1) is 0 Å². The van der Waals surface area contributed by atoms with Crippen LogP contribution in [0.1, 0.15) is 32.6 Å². The zero-order chi connectivity index (χ0) is 8.10. The Kier molecular flexibility index (Phi) is 3.84. The van der Waals surface area contributed by atoms with Crippen molar-refractivity contribution in [3.63, 3.8) is 0 Å². The van der Waals surface area contributed by atoms with Crippen LogP contribution in [0.25, 0.3) is 0 Å². The lowest BCUT2D eigenvalue weighted by Gasteiger charge is -2.26. The Bertz CT molecular complexity index is 106. The number of rotatable bonds is 3. The van der Waals surface area contributed by atoms with Crippen LogP contribution in [0.2, 0.25) is 0 Å². The SMILES string of the molecule is CCCCC1CCNC[C@@H]1F. The fraction of sp³-hybridized carbons (Fsp3) is 1.00. The van der Waals surface area contributed by atoms with Crippen LogP contribution in [0, 0.1) is 5.92 Å². The van der Waals surface area contributed by atoms with Gasteiger partial charge in [0.05, 0.1) is 0 Å². The number of unbranched alkanes of at least 4 members (excludes halogenated alkanes) is 1. The van der Waals surface area contributed by atoms with E-state index in [2.05, 4.69) is 12.2 Å². The number of alkyl halides is 1. The molecule has 0 spiro atoms.